The maximum atomic E-state index is 11.0. The Labute approximate surface area is 89.9 Å². The normalized spacial score (nSPS) is 19.2. The van der Waals surface area contributed by atoms with Crippen molar-refractivity contribution >= 4 is 6.03 Å². The van der Waals surface area contributed by atoms with E-state index in [1.54, 1.807) is 0 Å². The highest BCUT2D eigenvalue weighted by molar-refractivity contribution is 5.75. The van der Waals surface area contributed by atoms with Crippen molar-refractivity contribution in [3.63, 3.8) is 0 Å². The number of hydrogen-bond donors (Lipinski definition) is 2. The highest BCUT2D eigenvalue weighted by Gasteiger charge is 2.31. The van der Waals surface area contributed by atoms with Crippen molar-refractivity contribution in [2.24, 2.45) is 0 Å². The Balaban J connectivity index is 2.25. The molecular weight excluding hydrogens is 188 g/mol. The lowest BCUT2D eigenvalue weighted by molar-refractivity contribution is 0.225. The van der Waals surface area contributed by atoms with Gasteiger partial charge in [-0.25, -0.2) is 4.79 Å². The molecule has 1 saturated heterocycles. The van der Waals surface area contributed by atoms with Gasteiger partial charge in [0.1, 0.15) is 0 Å². The van der Waals surface area contributed by atoms with Gasteiger partial charge in [-0.15, -0.1) is 0 Å². The monoisotopic (exact) mass is 204 g/mol. The molecule has 80 valence electrons. The van der Waals surface area contributed by atoms with Gasteiger partial charge in [0.2, 0.25) is 0 Å². The predicted octanol–water partition coefficient (Wildman–Crippen LogP) is 1.57. The van der Waals surface area contributed by atoms with E-state index in [9.17, 15) is 4.79 Å². The first kappa shape index (κ1) is 10.0. The maximum absolute atomic E-state index is 11.0. The highest BCUT2D eigenvalue weighted by atomic mass is 16.2. The Morgan fingerprint density at radius 1 is 1.27 bits per heavy atom. The summed E-state index contributed by atoms with van der Waals surface area (Å²) in [6.45, 7) is 5.64. The van der Waals surface area contributed by atoms with Crippen molar-refractivity contribution in [1.29, 1.82) is 0 Å². The van der Waals surface area contributed by atoms with Gasteiger partial charge in [-0.1, -0.05) is 36.8 Å². The van der Waals surface area contributed by atoms with Gasteiger partial charge in [0.05, 0.1) is 0 Å². The fourth-order valence-electron chi connectivity index (χ4n) is 1.90. The molecule has 1 fully saturated rings. The molecule has 15 heavy (non-hydrogen) atoms. The minimum atomic E-state index is -0.0693. The number of urea groups is 1. The van der Waals surface area contributed by atoms with Gasteiger partial charge in [0, 0.05) is 18.5 Å². The summed E-state index contributed by atoms with van der Waals surface area (Å²) in [4.78, 5) is 11.0. The van der Waals surface area contributed by atoms with Crippen molar-refractivity contribution < 1.29 is 4.79 Å². The molecule has 1 aromatic rings. The van der Waals surface area contributed by atoms with Crippen molar-refractivity contribution in [3.05, 3.63) is 35.4 Å². The van der Waals surface area contributed by atoms with Gasteiger partial charge in [0.25, 0.3) is 0 Å². The second-order valence-corrected chi connectivity index (χ2v) is 4.47. The van der Waals surface area contributed by atoms with Crippen molar-refractivity contribution in [3.8, 4) is 0 Å². The number of amides is 2. The summed E-state index contributed by atoms with van der Waals surface area (Å²) in [5, 5.41) is 5.68. The van der Waals surface area contributed by atoms with Crippen molar-refractivity contribution in [2.75, 3.05) is 13.1 Å². The molecule has 0 unspecified atom stereocenters. The minimum Gasteiger partial charge on any atom is -0.337 e. The van der Waals surface area contributed by atoms with Crippen molar-refractivity contribution in [2.45, 2.75) is 19.3 Å². The van der Waals surface area contributed by atoms with E-state index in [-0.39, 0.29) is 11.4 Å². The summed E-state index contributed by atoms with van der Waals surface area (Å²) in [5.41, 5.74) is 2.53. The maximum Gasteiger partial charge on any atom is 0.314 e. The molecule has 2 N–H and O–H groups in total. The van der Waals surface area contributed by atoms with Gasteiger partial charge in [-0.05, 0) is 12.5 Å². The van der Waals surface area contributed by atoms with Gasteiger partial charge in [-0.3, -0.25) is 0 Å². The molecule has 0 radical (unpaired) electrons. The molecule has 0 atom stereocenters. The van der Waals surface area contributed by atoms with Crippen LogP contribution in [0.4, 0.5) is 4.79 Å². The summed E-state index contributed by atoms with van der Waals surface area (Å²) in [6.07, 6.45) is 0. The smallest absolute Gasteiger partial charge is 0.314 e. The molecular formula is C12H16N2O. The van der Waals surface area contributed by atoms with E-state index in [2.05, 4.69) is 48.7 Å². The summed E-state index contributed by atoms with van der Waals surface area (Å²) in [6, 6.07) is 8.37. The number of rotatable bonds is 1. The molecule has 2 rings (SSSR count). The quantitative estimate of drug-likeness (QED) is 0.716. The van der Waals surface area contributed by atoms with Crippen LogP contribution in [0.15, 0.2) is 24.3 Å². The molecule has 1 aromatic carbocycles. The molecule has 1 heterocycles. The molecule has 1 aliphatic heterocycles. The van der Waals surface area contributed by atoms with Crippen LogP contribution in [0.1, 0.15) is 18.1 Å². The first-order chi connectivity index (χ1) is 7.10. The lowest BCUT2D eigenvalue weighted by Crippen LogP contribution is -2.55. The van der Waals surface area contributed by atoms with E-state index in [1.165, 1.54) is 11.1 Å². The van der Waals surface area contributed by atoms with Crippen LogP contribution < -0.4 is 10.6 Å². The summed E-state index contributed by atoms with van der Waals surface area (Å²) in [7, 11) is 0. The number of carbonyl (C=O) groups excluding carboxylic acids is 1. The third-order valence-electron chi connectivity index (χ3n) is 2.99. The number of hydrogen-bond acceptors (Lipinski definition) is 1. The Bertz CT molecular complexity index is 377. The van der Waals surface area contributed by atoms with Gasteiger partial charge >= 0.3 is 6.03 Å². The molecule has 3 nitrogen and oxygen atoms in total. The largest absolute Gasteiger partial charge is 0.337 e. The Hall–Kier alpha value is -1.51. The van der Waals surface area contributed by atoms with Gasteiger partial charge in [-0.2, -0.15) is 0 Å². The molecule has 3 heteroatoms. The number of benzene rings is 1. The van der Waals surface area contributed by atoms with E-state index in [1.807, 2.05) is 0 Å². The van der Waals surface area contributed by atoms with Crippen LogP contribution in [0.2, 0.25) is 0 Å². The number of carbonyl (C=O) groups is 1. The number of aryl methyl sites for hydroxylation is 1. The summed E-state index contributed by atoms with van der Waals surface area (Å²) >= 11 is 0. The second-order valence-electron chi connectivity index (χ2n) is 4.47. The van der Waals surface area contributed by atoms with E-state index >= 15 is 0 Å². The predicted molar refractivity (Wildman–Crippen MR) is 59.9 cm³/mol. The van der Waals surface area contributed by atoms with Crippen LogP contribution in [0.5, 0.6) is 0 Å². The number of nitrogens with one attached hydrogen (secondary N) is 2. The third-order valence-corrected chi connectivity index (χ3v) is 2.99. The van der Waals surface area contributed by atoms with Crippen LogP contribution in [0.25, 0.3) is 0 Å². The summed E-state index contributed by atoms with van der Waals surface area (Å²) < 4.78 is 0. The van der Waals surface area contributed by atoms with Crippen LogP contribution in [0, 0.1) is 6.92 Å². The van der Waals surface area contributed by atoms with Crippen LogP contribution in [-0.2, 0) is 5.41 Å². The molecule has 1 aliphatic rings. The minimum absolute atomic E-state index is 0.0000694. The van der Waals surface area contributed by atoms with Crippen LogP contribution in [-0.4, -0.2) is 19.1 Å². The second kappa shape index (κ2) is 3.57. The SMILES string of the molecule is Cc1cccc(C2(C)CNC(=O)NC2)c1. The van der Waals surface area contributed by atoms with Gasteiger partial charge in [0.15, 0.2) is 0 Å². The molecule has 0 saturated carbocycles. The first-order valence-electron chi connectivity index (χ1n) is 5.19. The van der Waals surface area contributed by atoms with Crippen LogP contribution in [0.3, 0.4) is 0 Å². The first-order valence-corrected chi connectivity index (χ1v) is 5.19. The zero-order valence-corrected chi connectivity index (χ0v) is 9.13. The van der Waals surface area contributed by atoms with E-state index in [0.29, 0.717) is 13.1 Å². The Morgan fingerprint density at radius 3 is 2.53 bits per heavy atom. The lowest BCUT2D eigenvalue weighted by Gasteiger charge is -2.35. The fraction of sp³-hybridized carbons (Fsp3) is 0.417. The zero-order valence-electron chi connectivity index (χ0n) is 9.13. The molecule has 0 bridgehead atoms. The average Bonchev–Trinajstić information content (AvgIpc) is 2.23. The van der Waals surface area contributed by atoms with E-state index in [4.69, 9.17) is 0 Å². The third kappa shape index (κ3) is 1.96. The van der Waals surface area contributed by atoms with Crippen LogP contribution >= 0.6 is 0 Å². The standard InChI is InChI=1S/C12H16N2O/c1-9-4-3-5-10(6-9)12(2)7-13-11(15)14-8-12/h3-6H,7-8H2,1-2H3,(H2,13,14,15). The molecule has 0 aliphatic carbocycles. The average molecular weight is 204 g/mol. The molecule has 2 amide bonds. The Morgan fingerprint density at radius 2 is 1.93 bits per heavy atom. The van der Waals surface area contributed by atoms with E-state index < -0.39 is 0 Å². The van der Waals surface area contributed by atoms with E-state index in [0.717, 1.165) is 0 Å². The molecule has 0 spiro atoms. The topological polar surface area (TPSA) is 41.1 Å². The highest BCUT2D eigenvalue weighted by Crippen LogP contribution is 2.24. The van der Waals surface area contributed by atoms with Gasteiger partial charge < -0.3 is 10.6 Å². The zero-order chi connectivity index (χ0) is 10.9. The summed E-state index contributed by atoms with van der Waals surface area (Å²) in [5.74, 6) is 0. The molecule has 0 aromatic heterocycles. The fourth-order valence-corrected chi connectivity index (χ4v) is 1.90. The Kier molecular flexibility index (Phi) is 2.39. The van der Waals surface area contributed by atoms with Crippen molar-refractivity contribution in [1.82, 2.24) is 10.6 Å². The lowest BCUT2D eigenvalue weighted by atomic mass is 9.81.